The van der Waals surface area contributed by atoms with Crippen LogP contribution in [0.15, 0.2) is 109 Å². The maximum atomic E-state index is 13.4. The van der Waals surface area contributed by atoms with Crippen molar-refractivity contribution in [3.63, 3.8) is 0 Å². The molecule has 1 heterocycles. The third-order valence-corrected chi connectivity index (χ3v) is 6.15. The molecule has 0 atom stereocenters. The predicted molar refractivity (Wildman–Crippen MR) is 157 cm³/mol. The zero-order valence-corrected chi connectivity index (χ0v) is 22.5. The van der Waals surface area contributed by atoms with Crippen LogP contribution in [0.4, 0.5) is 5.69 Å². The molecule has 4 aromatic carbocycles. The number of aromatic nitrogens is 2. The van der Waals surface area contributed by atoms with Crippen LogP contribution in [0.1, 0.15) is 29.8 Å². The number of benzene rings is 4. The van der Waals surface area contributed by atoms with Gasteiger partial charge in [0.2, 0.25) is 0 Å². The Morgan fingerprint density at radius 2 is 1.45 bits per heavy atom. The molecule has 202 valence electrons. The predicted octanol–water partition coefficient (Wildman–Crippen LogP) is 7.17. The van der Waals surface area contributed by atoms with Crippen LogP contribution in [-0.2, 0) is 6.61 Å². The van der Waals surface area contributed by atoms with Crippen LogP contribution >= 0.6 is 0 Å². The minimum atomic E-state index is -0.243. The highest BCUT2D eigenvalue weighted by Gasteiger charge is 2.19. The minimum Gasteiger partial charge on any atom is -0.490 e. The molecular weight excluding hydrogens is 502 g/mol. The van der Waals surface area contributed by atoms with E-state index in [9.17, 15) is 4.79 Å². The molecular formula is C33H31N3O4. The summed E-state index contributed by atoms with van der Waals surface area (Å²) in [7, 11) is 0. The van der Waals surface area contributed by atoms with Crippen LogP contribution in [0, 0.1) is 0 Å². The molecule has 0 radical (unpaired) electrons. The SMILES string of the molecule is CCOc1ccc(COc2ccc(NC(=O)c3cn(-c4ccccc4)nc3-c3ccccc3)cc2)cc1OCC. The fourth-order valence-electron chi connectivity index (χ4n) is 4.25. The van der Waals surface area contributed by atoms with Crippen molar-refractivity contribution in [2.24, 2.45) is 0 Å². The van der Waals surface area contributed by atoms with Gasteiger partial charge in [0.15, 0.2) is 11.5 Å². The summed E-state index contributed by atoms with van der Waals surface area (Å²) in [6.45, 7) is 5.38. The molecule has 0 bridgehead atoms. The van der Waals surface area contributed by atoms with Gasteiger partial charge < -0.3 is 19.5 Å². The van der Waals surface area contributed by atoms with E-state index in [0.29, 0.717) is 48.3 Å². The maximum Gasteiger partial charge on any atom is 0.259 e. The molecule has 0 aliphatic heterocycles. The van der Waals surface area contributed by atoms with Crippen molar-refractivity contribution in [1.29, 1.82) is 0 Å². The Morgan fingerprint density at radius 1 is 0.775 bits per heavy atom. The molecule has 1 amide bonds. The number of anilines is 1. The van der Waals surface area contributed by atoms with Gasteiger partial charge in [-0.25, -0.2) is 4.68 Å². The van der Waals surface area contributed by atoms with E-state index >= 15 is 0 Å². The molecule has 0 saturated heterocycles. The second-order valence-corrected chi connectivity index (χ2v) is 8.95. The van der Waals surface area contributed by atoms with Gasteiger partial charge in [-0.3, -0.25) is 4.79 Å². The summed E-state index contributed by atoms with van der Waals surface area (Å²) in [5.41, 5.74) is 4.46. The minimum absolute atomic E-state index is 0.243. The standard InChI is InChI=1S/C33H31N3O4/c1-3-38-30-20-15-24(21-31(30)39-4-2)23-40-28-18-16-26(17-19-28)34-33(37)29-22-36(27-13-9-6-10-14-27)35-32(29)25-11-7-5-8-12-25/h5-22H,3-4,23H2,1-2H3,(H,34,37). The van der Waals surface area contributed by atoms with Crippen molar-refractivity contribution in [2.45, 2.75) is 20.5 Å². The molecule has 5 rings (SSSR count). The first-order valence-electron chi connectivity index (χ1n) is 13.3. The first-order chi connectivity index (χ1) is 19.6. The largest absolute Gasteiger partial charge is 0.490 e. The molecule has 5 aromatic rings. The van der Waals surface area contributed by atoms with Gasteiger partial charge in [-0.1, -0.05) is 54.6 Å². The average Bonchev–Trinajstić information content (AvgIpc) is 3.45. The van der Waals surface area contributed by atoms with Crippen molar-refractivity contribution in [3.8, 4) is 34.2 Å². The first-order valence-corrected chi connectivity index (χ1v) is 13.3. The summed E-state index contributed by atoms with van der Waals surface area (Å²) in [6.07, 6.45) is 1.76. The van der Waals surface area contributed by atoms with Crippen molar-refractivity contribution in [1.82, 2.24) is 9.78 Å². The Morgan fingerprint density at radius 3 is 2.15 bits per heavy atom. The molecule has 0 aliphatic rings. The fraction of sp³-hybridized carbons (Fsp3) is 0.152. The lowest BCUT2D eigenvalue weighted by atomic mass is 10.1. The molecule has 0 spiro atoms. The molecule has 1 aromatic heterocycles. The number of carbonyl (C=O) groups is 1. The number of hydrogen-bond acceptors (Lipinski definition) is 5. The van der Waals surface area contributed by atoms with Gasteiger partial charge in [0.25, 0.3) is 5.91 Å². The number of amides is 1. The summed E-state index contributed by atoms with van der Waals surface area (Å²) in [6, 6.07) is 32.5. The van der Waals surface area contributed by atoms with Crippen molar-refractivity contribution < 1.29 is 19.0 Å². The maximum absolute atomic E-state index is 13.4. The lowest BCUT2D eigenvalue weighted by Gasteiger charge is -2.13. The van der Waals surface area contributed by atoms with E-state index in [0.717, 1.165) is 22.6 Å². The van der Waals surface area contributed by atoms with Crippen molar-refractivity contribution in [3.05, 3.63) is 120 Å². The van der Waals surface area contributed by atoms with Crippen LogP contribution in [0.2, 0.25) is 0 Å². The van der Waals surface area contributed by atoms with E-state index in [-0.39, 0.29) is 5.91 Å². The Balaban J connectivity index is 1.28. The molecule has 0 aliphatic carbocycles. The molecule has 7 heteroatoms. The van der Waals surface area contributed by atoms with Crippen LogP contribution in [0.3, 0.4) is 0 Å². The van der Waals surface area contributed by atoms with Crippen molar-refractivity contribution >= 4 is 11.6 Å². The summed E-state index contributed by atoms with van der Waals surface area (Å²) < 4.78 is 19.0. The average molecular weight is 534 g/mol. The van der Waals surface area contributed by atoms with E-state index in [4.69, 9.17) is 19.3 Å². The highest BCUT2D eigenvalue weighted by molar-refractivity contribution is 6.08. The molecule has 0 unspecified atom stereocenters. The number of ether oxygens (including phenoxy) is 3. The molecule has 0 saturated carbocycles. The van der Waals surface area contributed by atoms with Gasteiger partial charge in [-0.2, -0.15) is 5.10 Å². The zero-order valence-electron chi connectivity index (χ0n) is 22.5. The lowest BCUT2D eigenvalue weighted by Crippen LogP contribution is -2.12. The molecule has 0 fully saturated rings. The lowest BCUT2D eigenvalue weighted by molar-refractivity contribution is 0.102. The van der Waals surface area contributed by atoms with E-state index in [1.807, 2.05) is 117 Å². The number of nitrogens with zero attached hydrogens (tertiary/aromatic N) is 2. The number of carbonyl (C=O) groups excluding carboxylic acids is 1. The molecule has 1 N–H and O–H groups in total. The number of nitrogens with one attached hydrogen (secondary N) is 1. The van der Waals surface area contributed by atoms with Crippen molar-refractivity contribution in [2.75, 3.05) is 18.5 Å². The Kier molecular flexibility index (Phi) is 8.41. The van der Waals surface area contributed by atoms with Gasteiger partial charge in [0.05, 0.1) is 24.5 Å². The quantitative estimate of drug-likeness (QED) is 0.195. The molecule has 7 nitrogen and oxygen atoms in total. The number of rotatable bonds is 11. The summed E-state index contributed by atoms with van der Waals surface area (Å²) in [4.78, 5) is 13.4. The van der Waals surface area contributed by atoms with E-state index < -0.39 is 0 Å². The summed E-state index contributed by atoms with van der Waals surface area (Å²) in [5.74, 6) is 1.87. The van der Waals surface area contributed by atoms with Crippen LogP contribution < -0.4 is 19.5 Å². The molecule has 40 heavy (non-hydrogen) atoms. The zero-order chi connectivity index (χ0) is 27.7. The summed E-state index contributed by atoms with van der Waals surface area (Å²) in [5, 5.41) is 7.73. The monoisotopic (exact) mass is 533 g/mol. The smallest absolute Gasteiger partial charge is 0.259 e. The number of hydrogen-bond donors (Lipinski definition) is 1. The summed E-state index contributed by atoms with van der Waals surface area (Å²) >= 11 is 0. The third kappa shape index (κ3) is 6.32. The van der Waals surface area contributed by atoms with E-state index in [1.54, 1.807) is 10.9 Å². The van der Waals surface area contributed by atoms with Gasteiger partial charge in [0, 0.05) is 17.4 Å². The van der Waals surface area contributed by atoms with Gasteiger partial charge in [0.1, 0.15) is 18.1 Å². The highest BCUT2D eigenvalue weighted by atomic mass is 16.5. The van der Waals surface area contributed by atoms with Crippen LogP contribution in [0.5, 0.6) is 17.2 Å². The highest BCUT2D eigenvalue weighted by Crippen LogP contribution is 2.29. The Bertz CT molecular complexity index is 1550. The van der Waals surface area contributed by atoms with E-state index in [1.165, 1.54) is 0 Å². The Hall–Kier alpha value is -5.04. The van der Waals surface area contributed by atoms with Gasteiger partial charge in [-0.15, -0.1) is 0 Å². The van der Waals surface area contributed by atoms with Gasteiger partial charge in [-0.05, 0) is 67.9 Å². The van der Waals surface area contributed by atoms with Gasteiger partial charge >= 0.3 is 0 Å². The van der Waals surface area contributed by atoms with Crippen LogP contribution in [-0.4, -0.2) is 28.9 Å². The number of para-hydroxylation sites is 1. The van der Waals surface area contributed by atoms with Crippen LogP contribution in [0.25, 0.3) is 16.9 Å². The first kappa shape index (κ1) is 26.6. The normalized spacial score (nSPS) is 10.7. The third-order valence-electron chi connectivity index (χ3n) is 6.15. The topological polar surface area (TPSA) is 74.6 Å². The Labute approximate surface area is 234 Å². The van der Waals surface area contributed by atoms with E-state index in [2.05, 4.69) is 5.32 Å². The fourth-order valence-corrected chi connectivity index (χ4v) is 4.25. The second kappa shape index (κ2) is 12.7. The second-order valence-electron chi connectivity index (χ2n) is 8.95.